The molecule has 0 aromatic heterocycles. The van der Waals surface area contributed by atoms with Crippen molar-refractivity contribution in [2.45, 2.75) is 13.3 Å². The van der Waals surface area contributed by atoms with Crippen molar-refractivity contribution in [3.63, 3.8) is 0 Å². The molecule has 2 heteroatoms. The topological polar surface area (TPSA) is 17.1 Å². The molecule has 0 N–H and O–H groups in total. The van der Waals surface area contributed by atoms with E-state index in [-0.39, 0.29) is 11.6 Å². The number of carbonyl (C=O) groups excluding carboxylic acids is 1. The van der Waals surface area contributed by atoms with E-state index in [4.69, 9.17) is 0 Å². The van der Waals surface area contributed by atoms with E-state index < -0.39 is 0 Å². The van der Waals surface area contributed by atoms with E-state index in [1.165, 1.54) is 13.0 Å². The lowest BCUT2D eigenvalue weighted by atomic mass is 10.0. The molecule has 66 valence electrons. The van der Waals surface area contributed by atoms with E-state index in [1.54, 1.807) is 18.2 Å². The number of Topliss-reactive ketones (excluding diaryl/α,β-unsaturated/α-hetero) is 1. The van der Waals surface area contributed by atoms with Crippen LogP contribution in [0.3, 0.4) is 0 Å². The Hall–Kier alpha value is -1.44. The van der Waals surface area contributed by atoms with Crippen molar-refractivity contribution in [2.24, 2.45) is 0 Å². The third-order valence-electron chi connectivity index (χ3n) is 2.30. The van der Waals surface area contributed by atoms with Crippen LogP contribution in [0.4, 0.5) is 4.39 Å². The molecule has 1 aliphatic rings. The average Bonchev–Trinajstić information content (AvgIpc) is 2.48. The van der Waals surface area contributed by atoms with Crippen LogP contribution in [-0.4, -0.2) is 5.78 Å². The Morgan fingerprint density at radius 1 is 1.46 bits per heavy atom. The number of halogens is 1. The second kappa shape index (κ2) is 2.80. The van der Waals surface area contributed by atoms with Crippen molar-refractivity contribution in [1.82, 2.24) is 0 Å². The molecule has 1 aromatic carbocycles. The van der Waals surface area contributed by atoms with Gasteiger partial charge in [-0.25, -0.2) is 4.39 Å². The van der Waals surface area contributed by atoms with Crippen molar-refractivity contribution < 1.29 is 9.18 Å². The Labute approximate surface area is 75.9 Å². The molecule has 1 nitrogen and oxygen atoms in total. The molecule has 0 bridgehead atoms. The number of benzene rings is 1. The van der Waals surface area contributed by atoms with Gasteiger partial charge in [0.25, 0.3) is 0 Å². The summed E-state index contributed by atoms with van der Waals surface area (Å²) < 4.78 is 13.2. The van der Waals surface area contributed by atoms with Gasteiger partial charge in [0, 0.05) is 5.57 Å². The summed E-state index contributed by atoms with van der Waals surface area (Å²) in [6.07, 6.45) is 2.33. The first-order valence-electron chi connectivity index (χ1n) is 4.19. The van der Waals surface area contributed by atoms with Crippen LogP contribution in [0, 0.1) is 5.82 Å². The number of rotatable bonds is 1. The first-order valence-corrected chi connectivity index (χ1v) is 4.19. The van der Waals surface area contributed by atoms with Crippen LogP contribution < -0.4 is 0 Å². The highest BCUT2D eigenvalue weighted by Crippen LogP contribution is 2.29. The van der Waals surface area contributed by atoms with Crippen LogP contribution in [0.1, 0.15) is 18.1 Å². The van der Waals surface area contributed by atoms with Crippen LogP contribution in [0.25, 0.3) is 5.57 Å². The average molecular weight is 176 g/mol. The quantitative estimate of drug-likeness (QED) is 0.642. The highest BCUT2D eigenvalue weighted by molar-refractivity contribution is 6.20. The lowest BCUT2D eigenvalue weighted by Crippen LogP contribution is -1.95. The first-order chi connectivity index (χ1) is 6.20. The largest absolute Gasteiger partial charge is 0.295 e. The third-order valence-corrected chi connectivity index (χ3v) is 2.30. The van der Waals surface area contributed by atoms with Gasteiger partial charge in [-0.3, -0.25) is 4.79 Å². The van der Waals surface area contributed by atoms with Crippen LogP contribution in [0.15, 0.2) is 24.3 Å². The number of hydrogen-bond donors (Lipinski definition) is 0. The normalized spacial score (nSPS) is 13.8. The van der Waals surface area contributed by atoms with E-state index >= 15 is 0 Å². The number of hydrogen-bond acceptors (Lipinski definition) is 1. The molecule has 0 heterocycles. The summed E-state index contributed by atoms with van der Waals surface area (Å²) in [4.78, 5) is 11.1. The van der Waals surface area contributed by atoms with Gasteiger partial charge >= 0.3 is 0 Å². The molecule has 1 aromatic rings. The highest BCUT2D eigenvalue weighted by Gasteiger charge is 2.19. The van der Waals surface area contributed by atoms with Gasteiger partial charge in [0.15, 0.2) is 5.78 Å². The molecule has 0 fully saturated rings. The molecular formula is C11H9FO. The maximum Gasteiger partial charge on any atom is 0.160 e. The Balaban J connectivity index is 2.56. The fraction of sp³-hybridized carbons (Fsp3) is 0.182. The molecule has 2 rings (SSSR count). The molecule has 0 saturated heterocycles. The fourth-order valence-corrected chi connectivity index (χ4v) is 1.67. The summed E-state index contributed by atoms with van der Waals surface area (Å²) in [7, 11) is 0. The first kappa shape index (κ1) is 8.17. The van der Waals surface area contributed by atoms with Gasteiger partial charge in [-0.15, -0.1) is 0 Å². The van der Waals surface area contributed by atoms with Gasteiger partial charge in [-0.1, -0.05) is 18.2 Å². The smallest absolute Gasteiger partial charge is 0.160 e. The predicted molar refractivity (Wildman–Crippen MR) is 48.8 cm³/mol. The summed E-state index contributed by atoms with van der Waals surface area (Å²) in [5.41, 5.74) is 2.05. The zero-order valence-electron chi connectivity index (χ0n) is 7.30. The molecule has 0 unspecified atom stereocenters. The second-order valence-corrected chi connectivity index (χ2v) is 3.14. The molecule has 0 amide bonds. The fourth-order valence-electron chi connectivity index (χ4n) is 1.67. The second-order valence-electron chi connectivity index (χ2n) is 3.14. The highest BCUT2D eigenvalue weighted by atomic mass is 19.1. The van der Waals surface area contributed by atoms with Gasteiger partial charge in [0.05, 0.1) is 0 Å². The molecule has 0 saturated carbocycles. The third kappa shape index (κ3) is 1.18. The standard InChI is InChI=1S/C11H9FO/c1-7(13)8-5-6-10-9(8)3-2-4-11(10)12/h2-5H,6H2,1H3. The number of ketones is 1. The zero-order valence-corrected chi connectivity index (χ0v) is 7.30. The van der Waals surface area contributed by atoms with Crippen molar-refractivity contribution >= 4 is 11.4 Å². The summed E-state index contributed by atoms with van der Waals surface area (Å²) in [6.45, 7) is 1.51. The summed E-state index contributed by atoms with van der Waals surface area (Å²) >= 11 is 0. The van der Waals surface area contributed by atoms with Crippen molar-refractivity contribution in [1.29, 1.82) is 0 Å². The van der Waals surface area contributed by atoms with E-state index in [9.17, 15) is 9.18 Å². The molecule has 1 aliphatic carbocycles. The minimum atomic E-state index is -0.218. The Kier molecular flexibility index (Phi) is 1.76. The lowest BCUT2D eigenvalue weighted by molar-refractivity contribution is -0.111. The summed E-state index contributed by atoms with van der Waals surface area (Å²) in [5.74, 6) is -0.214. The molecule has 0 radical (unpaired) electrons. The van der Waals surface area contributed by atoms with Gasteiger partial charge in [0.1, 0.15) is 5.82 Å². The van der Waals surface area contributed by atoms with Gasteiger partial charge in [-0.05, 0) is 30.5 Å². The molecular weight excluding hydrogens is 167 g/mol. The number of carbonyl (C=O) groups is 1. The minimum Gasteiger partial charge on any atom is -0.295 e. The van der Waals surface area contributed by atoms with Gasteiger partial charge in [-0.2, -0.15) is 0 Å². The molecule has 0 aliphatic heterocycles. The Morgan fingerprint density at radius 3 is 2.92 bits per heavy atom. The van der Waals surface area contributed by atoms with Crippen LogP contribution >= 0.6 is 0 Å². The minimum absolute atomic E-state index is 0.00403. The van der Waals surface area contributed by atoms with Crippen molar-refractivity contribution in [2.75, 3.05) is 0 Å². The SMILES string of the molecule is CC(=O)C1=CCc2c(F)cccc21. The van der Waals surface area contributed by atoms with Gasteiger partial charge < -0.3 is 0 Å². The monoisotopic (exact) mass is 176 g/mol. The van der Waals surface area contributed by atoms with E-state index in [0.29, 0.717) is 17.6 Å². The van der Waals surface area contributed by atoms with E-state index in [2.05, 4.69) is 0 Å². The molecule has 0 atom stereocenters. The Bertz CT molecular complexity index is 405. The lowest BCUT2D eigenvalue weighted by Gasteiger charge is -2.02. The number of allylic oxidation sites excluding steroid dienone is 2. The van der Waals surface area contributed by atoms with E-state index in [0.717, 1.165) is 5.56 Å². The van der Waals surface area contributed by atoms with Crippen molar-refractivity contribution in [3.05, 3.63) is 41.2 Å². The van der Waals surface area contributed by atoms with E-state index in [1.807, 2.05) is 0 Å². The van der Waals surface area contributed by atoms with Gasteiger partial charge in [0.2, 0.25) is 0 Å². The van der Waals surface area contributed by atoms with Crippen molar-refractivity contribution in [3.8, 4) is 0 Å². The summed E-state index contributed by atoms with van der Waals surface area (Å²) in [5, 5.41) is 0. The Morgan fingerprint density at radius 2 is 2.23 bits per heavy atom. The molecule has 13 heavy (non-hydrogen) atoms. The maximum absolute atomic E-state index is 13.2. The maximum atomic E-state index is 13.2. The van der Waals surface area contributed by atoms with Crippen LogP contribution in [-0.2, 0) is 11.2 Å². The number of fused-ring (bicyclic) bond motifs is 1. The molecule has 0 spiro atoms. The summed E-state index contributed by atoms with van der Waals surface area (Å²) in [6, 6.07) is 4.85. The predicted octanol–water partition coefficient (Wildman–Crippen LogP) is 2.35. The zero-order chi connectivity index (χ0) is 9.42. The van der Waals surface area contributed by atoms with Crippen LogP contribution in [0.2, 0.25) is 0 Å². The van der Waals surface area contributed by atoms with Crippen LogP contribution in [0.5, 0.6) is 0 Å².